The van der Waals surface area contributed by atoms with Crippen molar-refractivity contribution in [2.45, 2.75) is 68.0 Å². The Balaban J connectivity index is 1.63. The summed E-state index contributed by atoms with van der Waals surface area (Å²) in [6.45, 7) is -0.782. The Kier molecular flexibility index (Phi) is 8.69. The van der Waals surface area contributed by atoms with Gasteiger partial charge in [0.15, 0.2) is 17.3 Å². The van der Waals surface area contributed by atoms with Crippen LogP contribution in [0.4, 0.5) is 0 Å². The van der Waals surface area contributed by atoms with Crippen molar-refractivity contribution in [1.29, 1.82) is 0 Å². The second-order valence-corrected chi connectivity index (χ2v) is 10.4. The summed E-state index contributed by atoms with van der Waals surface area (Å²) in [7, 11) is 1.29. The second kappa shape index (κ2) is 12.1. The highest BCUT2D eigenvalue weighted by atomic mass is 16.7. The first-order valence-electron chi connectivity index (χ1n) is 13.3. The van der Waals surface area contributed by atoms with Crippen LogP contribution in [0.25, 0.3) is 22.3 Å². The Hall–Kier alpha value is -3.67. The van der Waals surface area contributed by atoms with Gasteiger partial charge in [0, 0.05) is 17.7 Å². The lowest BCUT2D eigenvalue weighted by atomic mass is 9.89. The van der Waals surface area contributed by atoms with Gasteiger partial charge in [-0.3, -0.25) is 4.79 Å². The average Bonchev–Trinajstić information content (AvgIpc) is 2.97. The molecule has 2 aliphatic rings. The quantitative estimate of drug-likeness (QED) is 0.157. The van der Waals surface area contributed by atoms with Crippen molar-refractivity contribution in [3.8, 4) is 40.1 Å². The minimum absolute atomic E-state index is 0.00833. The molecule has 0 amide bonds. The number of hydrogen-bond donors (Lipinski definition) is 9. The first-order valence-corrected chi connectivity index (χ1v) is 13.3. The number of phenols is 3. The summed E-state index contributed by atoms with van der Waals surface area (Å²) in [4.78, 5) is 13.8. The van der Waals surface area contributed by atoms with Crippen LogP contribution in [-0.2, 0) is 9.47 Å². The van der Waals surface area contributed by atoms with Gasteiger partial charge in [-0.15, -0.1) is 0 Å². The van der Waals surface area contributed by atoms with E-state index in [1.54, 1.807) is 0 Å². The van der Waals surface area contributed by atoms with Gasteiger partial charge in [0.2, 0.25) is 17.5 Å². The molecular formula is C28H32O15. The molecule has 0 bridgehead atoms. The number of fused-ring (bicyclic) bond motifs is 1. The first kappa shape index (κ1) is 30.8. The fraction of sp³-hybridized carbons (Fsp3) is 0.464. The van der Waals surface area contributed by atoms with Crippen molar-refractivity contribution in [2.75, 3.05) is 13.7 Å². The van der Waals surface area contributed by atoms with E-state index in [9.17, 15) is 50.8 Å². The summed E-state index contributed by atoms with van der Waals surface area (Å²) >= 11 is 0. The summed E-state index contributed by atoms with van der Waals surface area (Å²) in [5.41, 5.74) is -1.07. The lowest BCUT2D eigenvalue weighted by molar-refractivity contribution is -0.305. The van der Waals surface area contributed by atoms with E-state index in [2.05, 4.69) is 0 Å². The smallest absolute Gasteiger partial charge is 0.239 e. The Labute approximate surface area is 242 Å². The van der Waals surface area contributed by atoms with E-state index in [0.29, 0.717) is 0 Å². The van der Waals surface area contributed by atoms with Gasteiger partial charge in [-0.25, -0.2) is 0 Å². The third-order valence-electron chi connectivity index (χ3n) is 7.62. The van der Waals surface area contributed by atoms with E-state index >= 15 is 0 Å². The van der Waals surface area contributed by atoms with Crippen LogP contribution in [0.5, 0.6) is 28.7 Å². The highest BCUT2D eigenvalue weighted by Crippen LogP contribution is 2.40. The zero-order valence-electron chi connectivity index (χ0n) is 22.7. The van der Waals surface area contributed by atoms with Gasteiger partial charge in [0.1, 0.15) is 59.1 Å². The van der Waals surface area contributed by atoms with Crippen molar-refractivity contribution < 1.29 is 69.3 Å². The van der Waals surface area contributed by atoms with Gasteiger partial charge in [0.05, 0.1) is 25.9 Å². The van der Waals surface area contributed by atoms with E-state index < -0.39 is 89.8 Å². The van der Waals surface area contributed by atoms with Crippen molar-refractivity contribution >= 4 is 11.0 Å². The highest BCUT2D eigenvalue weighted by Gasteiger charge is 2.50. The molecule has 234 valence electrons. The Morgan fingerprint density at radius 3 is 2.35 bits per heavy atom. The van der Waals surface area contributed by atoms with E-state index in [0.717, 1.165) is 12.1 Å². The molecule has 0 radical (unpaired) electrons. The average molecular weight is 609 g/mol. The third kappa shape index (κ3) is 5.69. The van der Waals surface area contributed by atoms with E-state index in [1.165, 1.54) is 25.3 Å². The number of rotatable bonds is 7. The number of aliphatic hydroxyl groups excluding tert-OH is 6. The number of hydrogen-bond acceptors (Lipinski definition) is 15. The lowest BCUT2D eigenvalue weighted by Gasteiger charge is -2.44. The van der Waals surface area contributed by atoms with Gasteiger partial charge in [-0.05, 0) is 31.0 Å². The van der Waals surface area contributed by atoms with Crippen LogP contribution in [0.3, 0.4) is 0 Å². The number of ether oxygens (including phenoxy) is 4. The fourth-order valence-corrected chi connectivity index (χ4v) is 5.27. The molecule has 2 heterocycles. The molecule has 1 aliphatic heterocycles. The van der Waals surface area contributed by atoms with Crippen LogP contribution >= 0.6 is 0 Å². The van der Waals surface area contributed by atoms with Crippen LogP contribution in [0, 0.1) is 0 Å². The standard InChI is InChI=1S/C28H32O15/c1-39-16-6-10(2-3-12(16)31)25-26(23(37)19-14(33)7-11(30)8-17(19)41-25)43-28-27(24(38)22(36)18(9-29)42-28)40-15-5-4-13(32)20(34)21(15)35/h2-3,6-8,13,15,18,20-22,24,27-36,38H,4-5,9H2,1H3/t13-,15+,18-,20+,21-,22-,24+,27-,28-/m1/s1. The van der Waals surface area contributed by atoms with Crippen molar-refractivity contribution in [1.82, 2.24) is 0 Å². The largest absolute Gasteiger partial charge is 0.508 e. The van der Waals surface area contributed by atoms with Gasteiger partial charge in [0.25, 0.3) is 0 Å². The van der Waals surface area contributed by atoms with Gasteiger partial charge in [-0.1, -0.05) is 0 Å². The molecule has 43 heavy (non-hydrogen) atoms. The zero-order valence-corrected chi connectivity index (χ0v) is 22.7. The van der Waals surface area contributed by atoms with Gasteiger partial charge in [-0.2, -0.15) is 0 Å². The molecule has 1 saturated heterocycles. The third-order valence-corrected chi connectivity index (χ3v) is 7.62. The lowest BCUT2D eigenvalue weighted by Crippen LogP contribution is -2.63. The maximum atomic E-state index is 13.8. The van der Waals surface area contributed by atoms with E-state index in [4.69, 9.17) is 23.4 Å². The first-order chi connectivity index (χ1) is 20.4. The molecule has 0 unspecified atom stereocenters. The van der Waals surface area contributed by atoms with Crippen molar-refractivity contribution in [3.05, 3.63) is 40.6 Å². The van der Waals surface area contributed by atoms with Crippen LogP contribution in [-0.4, -0.2) is 115 Å². The topological polar surface area (TPSA) is 249 Å². The molecule has 3 aromatic rings. The fourth-order valence-electron chi connectivity index (χ4n) is 5.27. The molecule has 9 N–H and O–H groups in total. The predicted octanol–water partition coefficient (Wildman–Crippen LogP) is -0.967. The number of aromatic hydroxyl groups is 3. The number of benzene rings is 2. The maximum Gasteiger partial charge on any atom is 0.239 e. The minimum atomic E-state index is -1.80. The number of methoxy groups -OCH3 is 1. The molecule has 2 fully saturated rings. The summed E-state index contributed by atoms with van der Waals surface area (Å²) in [6.07, 6.45) is -13.8. The van der Waals surface area contributed by atoms with Crippen LogP contribution < -0.4 is 14.9 Å². The minimum Gasteiger partial charge on any atom is -0.508 e. The van der Waals surface area contributed by atoms with Gasteiger partial charge >= 0.3 is 0 Å². The molecule has 9 atom stereocenters. The summed E-state index contributed by atoms with van der Waals surface area (Å²) < 4.78 is 28.5. The number of phenolic OH excluding ortho intramolecular Hbond substituents is 3. The summed E-state index contributed by atoms with van der Waals surface area (Å²) in [5.74, 6) is -2.20. The SMILES string of the molecule is COc1cc(-c2oc3cc(O)cc(O)c3c(=O)c2O[C@H]2O[C@H](CO)[C@@H](O)[C@H](O)[C@H]2O[C@H]2CC[C@@H](O)[C@H](O)[C@@H]2O)ccc1O. The molecule has 0 spiro atoms. The molecular weight excluding hydrogens is 576 g/mol. The predicted molar refractivity (Wildman–Crippen MR) is 144 cm³/mol. The molecule has 1 aromatic heterocycles. The molecule has 1 aliphatic carbocycles. The highest BCUT2D eigenvalue weighted by molar-refractivity contribution is 5.88. The Bertz CT molecular complexity index is 1520. The van der Waals surface area contributed by atoms with E-state index in [-0.39, 0.29) is 41.2 Å². The Morgan fingerprint density at radius 2 is 1.65 bits per heavy atom. The zero-order chi connectivity index (χ0) is 31.2. The molecule has 5 rings (SSSR count). The van der Waals surface area contributed by atoms with Gasteiger partial charge < -0.3 is 69.3 Å². The molecule has 15 heteroatoms. The number of aliphatic hydroxyl groups is 6. The second-order valence-electron chi connectivity index (χ2n) is 10.4. The maximum absolute atomic E-state index is 13.8. The summed E-state index contributed by atoms with van der Waals surface area (Å²) in [5, 5.41) is 92.0. The van der Waals surface area contributed by atoms with Crippen LogP contribution in [0.1, 0.15) is 12.8 Å². The Morgan fingerprint density at radius 1 is 0.907 bits per heavy atom. The monoisotopic (exact) mass is 608 g/mol. The summed E-state index contributed by atoms with van der Waals surface area (Å²) in [6, 6.07) is 5.90. The van der Waals surface area contributed by atoms with Crippen molar-refractivity contribution in [3.63, 3.8) is 0 Å². The molecule has 2 aromatic carbocycles. The van der Waals surface area contributed by atoms with Crippen LogP contribution in [0.2, 0.25) is 0 Å². The van der Waals surface area contributed by atoms with Crippen LogP contribution in [0.15, 0.2) is 39.5 Å². The van der Waals surface area contributed by atoms with Crippen molar-refractivity contribution in [2.24, 2.45) is 0 Å². The normalized spacial score (nSPS) is 31.2. The van der Waals surface area contributed by atoms with E-state index in [1.807, 2.05) is 0 Å². The molecule has 15 nitrogen and oxygen atoms in total. The molecule has 1 saturated carbocycles.